The molecule has 0 radical (unpaired) electrons. The predicted molar refractivity (Wildman–Crippen MR) is 66.9 cm³/mol. The molecule has 0 saturated carbocycles. The Kier molecular flexibility index (Phi) is 2.30. The summed E-state index contributed by atoms with van der Waals surface area (Å²) in [4.78, 5) is 8.66. The highest BCUT2D eigenvalue weighted by Crippen LogP contribution is 2.24. The molecule has 0 fully saturated rings. The van der Waals surface area contributed by atoms with Gasteiger partial charge in [-0.3, -0.25) is 5.10 Å². The van der Waals surface area contributed by atoms with Gasteiger partial charge < -0.3 is 0 Å². The normalized spacial score (nSPS) is 10.9. The number of nitrogens with zero attached hydrogens (tertiary/aromatic N) is 3. The molecule has 3 rings (SSSR count). The number of benzene rings is 1. The lowest BCUT2D eigenvalue weighted by atomic mass is 10.1. The van der Waals surface area contributed by atoms with E-state index in [2.05, 4.69) is 26.2 Å². The third kappa shape index (κ3) is 1.76. The molecule has 2 aromatic heterocycles. The fraction of sp³-hybridized carbons (Fsp3) is 0.0833. The number of aromatic amines is 1. The zero-order valence-corrected chi connectivity index (χ0v) is 9.86. The van der Waals surface area contributed by atoms with Crippen molar-refractivity contribution >= 4 is 22.5 Å². The Hall–Kier alpha value is -1.94. The minimum Gasteiger partial charge on any atom is -0.265 e. The van der Waals surface area contributed by atoms with Crippen molar-refractivity contribution in [1.82, 2.24) is 20.2 Å². The SMILES string of the molecule is Cc1cc2ccc(Cl)cc2nc1-c1nc[nH]n1. The molecule has 0 aliphatic rings. The van der Waals surface area contributed by atoms with E-state index in [4.69, 9.17) is 11.6 Å². The summed E-state index contributed by atoms with van der Waals surface area (Å²) in [5, 5.41) is 8.47. The van der Waals surface area contributed by atoms with Gasteiger partial charge >= 0.3 is 0 Å². The van der Waals surface area contributed by atoms with E-state index in [-0.39, 0.29) is 0 Å². The van der Waals surface area contributed by atoms with Crippen LogP contribution in [0.1, 0.15) is 5.56 Å². The van der Waals surface area contributed by atoms with Gasteiger partial charge in [-0.2, -0.15) is 5.10 Å². The maximum atomic E-state index is 5.96. The van der Waals surface area contributed by atoms with Gasteiger partial charge in [0.25, 0.3) is 0 Å². The largest absolute Gasteiger partial charge is 0.265 e. The highest BCUT2D eigenvalue weighted by atomic mass is 35.5. The van der Waals surface area contributed by atoms with E-state index in [9.17, 15) is 0 Å². The number of aromatic nitrogens is 4. The zero-order chi connectivity index (χ0) is 11.8. The van der Waals surface area contributed by atoms with Crippen LogP contribution < -0.4 is 0 Å². The van der Waals surface area contributed by atoms with Gasteiger partial charge in [-0.05, 0) is 30.7 Å². The van der Waals surface area contributed by atoms with Crippen molar-refractivity contribution in [3.63, 3.8) is 0 Å². The number of pyridine rings is 1. The van der Waals surface area contributed by atoms with Gasteiger partial charge in [0.05, 0.1) is 5.52 Å². The van der Waals surface area contributed by atoms with Crippen LogP contribution in [0.2, 0.25) is 5.02 Å². The number of fused-ring (bicyclic) bond motifs is 1. The molecule has 0 spiro atoms. The molecule has 0 unspecified atom stereocenters. The molecule has 0 saturated heterocycles. The van der Waals surface area contributed by atoms with Gasteiger partial charge in [-0.25, -0.2) is 9.97 Å². The molecular weight excluding hydrogens is 236 g/mol. The number of hydrogen-bond acceptors (Lipinski definition) is 3. The molecule has 4 nitrogen and oxygen atoms in total. The Morgan fingerprint density at radius 3 is 2.88 bits per heavy atom. The average molecular weight is 245 g/mol. The first-order valence-corrected chi connectivity index (χ1v) is 5.55. The second-order valence-electron chi connectivity index (χ2n) is 3.81. The third-order valence-electron chi connectivity index (χ3n) is 2.60. The lowest BCUT2D eigenvalue weighted by Gasteiger charge is -2.04. The van der Waals surface area contributed by atoms with Crippen LogP contribution in [0.5, 0.6) is 0 Å². The van der Waals surface area contributed by atoms with Crippen molar-refractivity contribution < 1.29 is 0 Å². The average Bonchev–Trinajstić information content (AvgIpc) is 2.82. The van der Waals surface area contributed by atoms with E-state index < -0.39 is 0 Å². The van der Waals surface area contributed by atoms with Crippen molar-refractivity contribution in [3.05, 3.63) is 41.2 Å². The Morgan fingerprint density at radius 2 is 2.12 bits per heavy atom. The summed E-state index contributed by atoms with van der Waals surface area (Å²) in [6.07, 6.45) is 1.54. The summed E-state index contributed by atoms with van der Waals surface area (Å²) in [5.74, 6) is 0.601. The lowest BCUT2D eigenvalue weighted by Crippen LogP contribution is -1.92. The van der Waals surface area contributed by atoms with Crippen molar-refractivity contribution in [2.75, 3.05) is 0 Å². The van der Waals surface area contributed by atoms with Crippen LogP contribution in [0.3, 0.4) is 0 Å². The van der Waals surface area contributed by atoms with Crippen LogP contribution in [-0.4, -0.2) is 20.2 Å². The minimum atomic E-state index is 0.601. The van der Waals surface area contributed by atoms with Crippen molar-refractivity contribution in [2.45, 2.75) is 6.92 Å². The van der Waals surface area contributed by atoms with E-state index in [1.807, 2.05) is 25.1 Å². The smallest absolute Gasteiger partial charge is 0.199 e. The van der Waals surface area contributed by atoms with Gasteiger partial charge in [0.15, 0.2) is 5.82 Å². The second kappa shape index (κ2) is 3.82. The van der Waals surface area contributed by atoms with E-state index in [0.717, 1.165) is 22.2 Å². The summed E-state index contributed by atoms with van der Waals surface area (Å²) < 4.78 is 0. The number of rotatable bonds is 1. The van der Waals surface area contributed by atoms with Crippen molar-refractivity contribution in [2.24, 2.45) is 0 Å². The molecule has 1 N–H and O–H groups in total. The summed E-state index contributed by atoms with van der Waals surface area (Å²) in [5.41, 5.74) is 2.67. The molecule has 84 valence electrons. The fourth-order valence-corrected chi connectivity index (χ4v) is 1.96. The summed E-state index contributed by atoms with van der Waals surface area (Å²) in [6.45, 7) is 1.99. The number of H-pyrrole nitrogens is 1. The van der Waals surface area contributed by atoms with Gasteiger partial charge in [0.1, 0.15) is 12.0 Å². The fourth-order valence-electron chi connectivity index (χ4n) is 1.80. The molecule has 5 heteroatoms. The van der Waals surface area contributed by atoms with Crippen LogP contribution in [0.15, 0.2) is 30.6 Å². The van der Waals surface area contributed by atoms with Crippen LogP contribution in [0.25, 0.3) is 22.4 Å². The second-order valence-corrected chi connectivity index (χ2v) is 4.25. The molecule has 0 aliphatic carbocycles. The van der Waals surface area contributed by atoms with Crippen LogP contribution in [0, 0.1) is 6.92 Å². The van der Waals surface area contributed by atoms with Crippen LogP contribution in [-0.2, 0) is 0 Å². The molecule has 1 aromatic carbocycles. The number of hydrogen-bond donors (Lipinski definition) is 1. The third-order valence-corrected chi connectivity index (χ3v) is 2.83. The first-order chi connectivity index (χ1) is 8.24. The van der Waals surface area contributed by atoms with Gasteiger partial charge in [0, 0.05) is 10.4 Å². The molecule has 17 heavy (non-hydrogen) atoms. The summed E-state index contributed by atoms with van der Waals surface area (Å²) in [6, 6.07) is 7.72. The molecule has 0 amide bonds. The monoisotopic (exact) mass is 244 g/mol. The van der Waals surface area contributed by atoms with Gasteiger partial charge in [-0.15, -0.1) is 0 Å². The highest BCUT2D eigenvalue weighted by Gasteiger charge is 2.09. The Balaban J connectivity index is 2.29. The van der Waals surface area contributed by atoms with Crippen molar-refractivity contribution in [1.29, 1.82) is 0 Å². The van der Waals surface area contributed by atoms with Crippen LogP contribution in [0.4, 0.5) is 0 Å². The minimum absolute atomic E-state index is 0.601. The van der Waals surface area contributed by atoms with Crippen molar-refractivity contribution in [3.8, 4) is 11.5 Å². The maximum Gasteiger partial charge on any atom is 0.199 e. The van der Waals surface area contributed by atoms with E-state index in [1.54, 1.807) is 6.33 Å². The maximum absolute atomic E-state index is 5.96. The number of halogens is 1. The van der Waals surface area contributed by atoms with E-state index >= 15 is 0 Å². The first kappa shape index (κ1) is 10.2. The molecule has 0 aliphatic heterocycles. The Labute approximate surface area is 103 Å². The van der Waals surface area contributed by atoms with Gasteiger partial charge in [0.2, 0.25) is 0 Å². The molecule has 0 bridgehead atoms. The van der Waals surface area contributed by atoms with E-state index in [0.29, 0.717) is 10.8 Å². The number of nitrogens with one attached hydrogen (secondary N) is 1. The molecular formula is C12H9ClN4. The Bertz CT molecular complexity index is 676. The van der Waals surface area contributed by atoms with Crippen LogP contribution >= 0.6 is 11.6 Å². The predicted octanol–water partition coefficient (Wildman–Crippen LogP) is 2.98. The quantitative estimate of drug-likeness (QED) is 0.716. The topological polar surface area (TPSA) is 54.5 Å². The molecule has 3 aromatic rings. The molecule has 0 atom stereocenters. The lowest BCUT2D eigenvalue weighted by molar-refractivity contribution is 1.08. The number of aryl methyl sites for hydroxylation is 1. The summed E-state index contributed by atoms with van der Waals surface area (Å²) in [7, 11) is 0. The Morgan fingerprint density at radius 1 is 1.24 bits per heavy atom. The van der Waals surface area contributed by atoms with Gasteiger partial charge in [-0.1, -0.05) is 17.7 Å². The zero-order valence-electron chi connectivity index (χ0n) is 9.11. The molecule has 2 heterocycles. The first-order valence-electron chi connectivity index (χ1n) is 5.17. The summed E-state index contributed by atoms with van der Waals surface area (Å²) >= 11 is 5.96. The highest BCUT2D eigenvalue weighted by molar-refractivity contribution is 6.31. The standard InChI is InChI=1S/C12H9ClN4/c1-7-4-8-2-3-9(13)5-10(8)16-11(7)12-14-6-15-17-12/h2-6H,1H3,(H,14,15,17). The van der Waals surface area contributed by atoms with E-state index in [1.165, 1.54) is 0 Å².